The number of esters is 2. The lowest BCUT2D eigenvalue weighted by molar-refractivity contribution is -0.870. The van der Waals surface area contributed by atoms with Gasteiger partial charge in [0.2, 0.25) is 0 Å². The first kappa shape index (κ1) is 53.8. The lowest BCUT2D eigenvalue weighted by Gasteiger charge is -2.28. The molecule has 10 heteroatoms. The molecule has 0 aliphatic carbocycles. The maximum Gasteiger partial charge on any atom is 0.306 e. The van der Waals surface area contributed by atoms with Crippen LogP contribution in [0.2, 0.25) is 0 Å². The number of phosphoric ester groups is 1. The van der Waals surface area contributed by atoms with Crippen LogP contribution in [0.15, 0.2) is 12.2 Å². The van der Waals surface area contributed by atoms with Crippen LogP contribution in [0.25, 0.3) is 0 Å². The average Bonchev–Trinajstić information content (AvgIpc) is 3.13. The summed E-state index contributed by atoms with van der Waals surface area (Å²) >= 11 is 0. The molecule has 0 N–H and O–H groups in total. The van der Waals surface area contributed by atoms with Crippen molar-refractivity contribution in [3.8, 4) is 0 Å². The van der Waals surface area contributed by atoms with Crippen LogP contribution in [-0.2, 0) is 32.7 Å². The molecule has 0 aliphatic rings. The molecule has 1 unspecified atom stereocenters. The molecule has 9 nitrogen and oxygen atoms in total. The van der Waals surface area contributed by atoms with Gasteiger partial charge in [-0.15, -0.1) is 0 Å². The Morgan fingerprint density at radius 3 is 1.36 bits per heavy atom. The van der Waals surface area contributed by atoms with E-state index in [4.69, 9.17) is 18.5 Å². The number of ether oxygens (including phenoxy) is 2. The number of carbonyl (C=O) groups is 2. The Bertz CT molecular complexity index is 954. The molecule has 2 atom stereocenters. The zero-order chi connectivity index (χ0) is 40.7. The summed E-state index contributed by atoms with van der Waals surface area (Å²) in [6.45, 7) is 4.23. The number of unbranched alkanes of at least 4 members (excludes halogenated alkanes) is 26. The molecule has 0 saturated carbocycles. The minimum Gasteiger partial charge on any atom is -0.756 e. The van der Waals surface area contributed by atoms with Gasteiger partial charge in [-0.05, 0) is 38.5 Å². The van der Waals surface area contributed by atoms with Gasteiger partial charge in [0.05, 0.1) is 27.7 Å². The molecule has 0 amide bonds. The van der Waals surface area contributed by atoms with Crippen LogP contribution >= 0.6 is 7.82 Å². The standard InChI is InChI=1S/C45H88NO8P/c1-6-8-10-12-14-16-18-20-21-22-23-24-26-27-29-31-33-35-37-44(47)51-41-43(42-53-55(49,50)52-40-39-46(3,4)5)54-45(48)38-36-34-32-30-28-25-19-17-15-13-11-9-7-2/h25,28,43H,6-24,26-27,29-42H2,1-5H3/b28-25+/t43-/m0/s1. The molecule has 0 spiro atoms. The SMILES string of the molecule is CCCCCCCC/C=C/CCCCCC(=O)O[C@@H](COC(=O)CCCCCCCCCCCCCCCCCCCC)COP(=O)([O-])OCC[N+](C)(C)C. The number of quaternary nitrogens is 1. The van der Waals surface area contributed by atoms with Crippen LogP contribution in [0, 0.1) is 0 Å². The zero-order valence-corrected chi connectivity index (χ0v) is 37.5. The molecule has 0 radical (unpaired) electrons. The van der Waals surface area contributed by atoms with E-state index in [0.29, 0.717) is 17.4 Å². The van der Waals surface area contributed by atoms with Crippen molar-refractivity contribution in [2.24, 2.45) is 0 Å². The summed E-state index contributed by atoms with van der Waals surface area (Å²) in [7, 11) is 1.17. The summed E-state index contributed by atoms with van der Waals surface area (Å²) < 4.78 is 33.9. The first-order valence-corrected chi connectivity index (χ1v) is 24.4. The second kappa shape index (κ2) is 38.3. The van der Waals surface area contributed by atoms with E-state index in [1.54, 1.807) is 0 Å². The van der Waals surface area contributed by atoms with Crippen molar-refractivity contribution >= 4 is 19.8 Å². The van der Waals surface area contributed by atoms with Gasteiger partial charge in [-0.3, -0.25) is 14.2 Å². The Morgan fingerprint density at radius 1 is 0.545 bits per heavy atom. The summed E-state index contributed by atoms with van der Waals surface area (Å²) in [4.78, 5) is 37.5. The highest BCUT2D eigenvalue weighted by Gasteiger charge is 2.21. The molecule has 0 fully saturated rings. The monoisotopic (exact) mass is 802 g/mol. The highest BCUT2D eigenvalue weighted by atomic mass is 31.2. The second-order valence-electron chi connectivity index (χ2n) is 16.8. The maximum absolute atomic E-state index is 12.6. The van der Waals surface area contributed by atoms with E-state index in [1.807, 2.05) is 21.1 Å². The van der Waals surface area contributed by atoms with E-state index < -0.39 is 26.5 Å². The largest absolute Gasteiger partial charge is 0.756 e. The molecule has 0 aromatic heterocycles. The Morgan fingerprint density at radius 2 is 0.927 bits per heavy atom. The van der Waals surface area contributed by atoms with Gasteiger partial charge in [-0.25, -0.2) is 0 Å². The predicted octanol–water partition coefficient (Wildman–Crippen LogP) is 12.3. The van der Waals surface area contributed by atoms with Gasteiger partial charge in [0.15, 0.2) is 6.10 Å². The number of likely N-dealkylation sites (N-methyl/N-ethyl adjacent to an activating group) is 1. The number of nitrogens with zero attached hydrogens (tertiary/aromatic N) is 1. The van der Waals surface area contributed by atoms with Crippen molar-refractivity contribution < 1.29 is 42.1 Å². The van der Waals surface area contributed by atoms with Crippen LogP contribution < -0.4 is 4.89 Å². The van der Waals surface area contributed by atoms with Gasteiger partial charge < -0.3 is 27.9 Å². The molecule has 0 bridgehead atoms. The Labute approximate surface area is 339 Å². The number of rotatable bonds is 42. The van der Waals surface area contributed by atoms with Crippen LogP contribution in [0.5, 0.6) is 0 Å². The van der Waals surface area contributed by atoms with Gasteiger partial charge >= 0.3 is 11.9 Å². The van der Waals surface area contributed by atoms with E-state index in [0.717, 1.165) is 44.9 Å². The van der Waals surface area contributed by atoms with E-state index in [-0.39, 0.29) is 32.0 Å². The number of hydrogen-bond acceptors (Lipinski definition) is 8. The normalized spacial score (nSPS) is 13.6. The summed E-state index contributed by atoms with van der Waals surface area (Å²) in [5.74, 6) is -0.843. The highest BCUT2D eigenvalue weighted by molar-refractivity contribution is 7.45. The molecule has 0 rings (SSSR count). The predicted molar refractivity (Wildman–Crippen MR) is 227 cm³/mol. The number of phosphoric acid groups is 1. The summed E-state index contributed by atoms with van der Waals surface area (Å²) in [6, 6.07) is 0. The molecule has 0 aromatic carbocycles. The molecule has 0 aliphatic heterocycles. The second-order valence-corrected chi connectivity index (χ2v) is 18.2. The average molecular weight is 802 g/mol. The van der Waals surface area contributed by atoms with E-state index in [1.165, 1.54) is 135 Å². The molecular formula is C45H88NO8P. The molecule has 326 valence electrons. The van der Waals surface area contributed by atoms with Crippen molar-refractivity contribution in [3.05, 3.63) is 12.2 Å². The molecule has 0 saturated heterocycles. The smallest absolute Gasteiger partial charge is 0.306 e. The summed E-state index contributed by atoms with van der Waals surface area (Å²) in [5, 5.41) is 0. The Balaban J connectivity index is 4.29. The van der Waals surface area contributed by atoms with Gasteiger partial charge in [-0.2, -0.15) is 0 Å². The van der Waals surface area contributed by atoms with Gasteiger partial charge in [0.1, 0.15) is 19.8 Å². The number of carbonyl (C=O) groups excluding carboxylic acids is 2. The molecule has 0 heterocycles. The highest BCUT2D eigenvalue weighted by Crippen LogP contribution is 2.38. The van der Waals surface area contributed by atoms with Crippen molar-refractivity contribution in [1.29, 1.82) is 0 Å². The Kier molecular flexibility index (Phi) is 37.4. The molecular weight excluding hydrogens is 713 g/mol. The lowest BCUT2D eigenvalue weighted by Crippen LogP contribution is -2.37. The quantitative estimate of drug-likeness (QED) is 0.0197. The third-order valence-electron chi connectivity index (χ3n) is 10.0. The van der Waals surface area contributed by atoms with Crippen molar-refractivity contribution in [3.63, 3.8) is 0 Å². The first-order chi connectivity index (χ1) is 26.5. The van der Waals surface area contributed by atoms with Gasteiger partial charge in [0.25, 0.3) is 7.82 Å². The van der Waals surface area contributed by atoms with Crippen molar-refractivity contribution in [2.75, 3.05) is 47.5 Å². The molecule has 0 aromatic rings. The molecule has 55 heavy (non-hydrogen) atoms. The Hall–Kier alpha value is -1.25. The van der Waals surface area contributed by atoms with Crippen molar-refractivity contribution in [2.45, 2.75) is 219 Å². The van der Waals surface area contributed by atoms with Gasteiger partial charge in [0, 0.05) is 12.8 Å². The third-order valence-corrected chi connectivity index (χ3v) is 11.0. The van der Waals surface area contributed by atoms with Crippen molar-refractivity contribution in [1.82, 2.24) is 0 Å². The fourth-order valence-corrected chi connectivity index (χ4v) is 7.14. The van der Waals surface area contributed by atoms with Gasteiger partial charge in [-0.1, -0.05) is 174 Å². The minimum atomic E-state index is -4.62. The number of allylic oxidation sites excluding steroid dienone is 2. The third kappa shape index (κ3) is 42.2. The van der Waals surface area contributed by atoms with Crippen LogP contribution in [0.4, 0.5) is 0 Å². The van der Waals surface area contributed by atoms with Crippen LogP contribution in [0.3, 0.4) is 0 Å². The number of hydrogen-bond donors (Lipinski definition) is 0. The zero-order valence-electron chi connectivity index (χ0n) is 36.6. The summed E-state index contributed by atoms with van der Waals surface area (Å²) in [5.41, 5.74) is 0. The summed E-state index contributed by atoms with van der Waals surface area (Å²) in [6.07, 6.45) is 39.5. The van der Waals surface area contributed by atoms with Crippen LogP contribution in [0.1, 0.15) is 213 Å². The fraction of sp³-hybridized carbons (Fsp3) is 0.911. The minimum absolute atomic E-state index is 0.0304. The fourth-order valence-electron chi connectivity index (χ4n) is 6.41. The topological polar surface area (TPSA) is 111 Å². The lowest BCUT2D eigenvalue weighted by atomic mass is 10.0. The first-order valence-electron chi connectivity index (χ1n) is 22.9. The van der Waals surface area contributed by atoms with E-state index >= 15 is 0 Å². The van der Waals surface area contributed by atoms with Crippen LogP contribution in [-0.4, -0.2) is 70.0 Å². The van der Waals surface area contributed by atoms with E-state index in [9.17, 15) is 19.0 Å². The maximum atomic E-state index is 12.6. The van der Waals surface area contributed by atoms with E-state index in [2.05, 4.69) is 26.0 Å².